The number of oxazole rings is 1. The second-order valence-electron chi connectivity index (χ2n) is 9.58. The van der Waals surface area contributed by atoms with E-state index in [1.165, 1.54) is 21.5 Å². The van der Waals surface area contributed by atoms with Gasteiger partial charge in [0.1, 0.15) is 17.1 Å². The van der Waals surface area contributed by atoms with Gasteiger partial charge in [-0.25, -0.2) is 0 Å². The Morgan fingerprint density at radius 3 is 2.33 bits per heavy atom. The van der Waals surface area contributed by atoms with Gasteiger partial charge in [-0.3, -0.25) is 0 Å². The van der Waals surface area contributed by atoms with Crippen molar-refractivity contribution in [3.8, 4) is 5.75 Å². The van der Waals surface area contributed by atoms with Gasteiger partial charge in [0.05, 0.1) is 11.3 Å². The van der Waals surface area contributed by atoms with E-state index in [2.05, 4.69) is 100 Å². The van der Waals surface area contributed by atoms with Gasteiger partial charge < -0.3 is 18.8 Å². The number of rotatable bonds is 0. The van der Waals surface area contributed by atoms with Gasteiger partial charge in [0.2, 0.25) is 11.5 Å². The minimum Gasteiger partial charge on any atom is -0.456 e. The lowest BCUT2D eigenvalue weighted by Gasteiger charge is -2.29. The molecule has 0 unspecified atom stereocenters. The maximum absolute atomic E-state index is 6.45. The van der Waals surface area contributed by atoms with Crippen LogP contribution in [0.3, 0.4) is 0 Å². The average molecular weight is 468 g/mol. The highest BCUT2D eigenvalue weighted by Gasteiger charge is 2.40. The highest BCUT2D eigenvalue weighted by Crippen LogP contribution is 2.48. The molecule has 5 nitrogen and oxygen atoms in total. The average Bonchev–Trinajstić information content (AvgIpc) is 3.47. The van der Waals surface area contributed by atoms with Gasteiger partial charge in [-0.05, 0) is 51.9 Å². The van der Waals surface area contributed by atoms with Gasteiger partial charge >= 0.3 is 5.89 Å². The number of nitrogens with zero attached hydrogens (tertiary/aromatic N) is 2. The SMILES string of the molecule is C1=C2OC3=CCN4C(=C3C=C2c2oc3cc5ccccc5cc3[n+]2C1)Oc1cc2ccccc2cc14. The molecule has 170 valence electrons. The van der Waals surface area contributed by atoms with E-state index in [4.69, 9.17) is 13.9 Å². The summed E-state index contributed by atoms with van der Waals surface area (Å²) in [6.07, 6.45) is 6.42. The van der Waals surface area contributed by atoms with Crippen LogP contribution in [0.2, 0.25) is 0 Å². The zero-order valence-corrected chi connectivity index (χ0v) is 19.2. The maximum Gasteiger partial charge on any atom is 0.385 e. The Bertz CT molecular complexity index is 1950. The molecule has 9 rings (SSSR count). The van der Waals surface area contributed by atoms with Gasteiger partial charge in [-0.2, -0.15) is 4.57 Å². The third-order valence-electron chi connectivity index (χ3n) is 7.56. The fraction of sp³-hybridized carbons (Fsp3) is 0.0645. The number of hydrogen-bond donors (Lipinski definition) is 0. The maximum atomic E-state index is 6.45. The molecule has 0 spiro atoms. The Morgan fingerprint density at radius 2 is 1.50 bits per heavy atom. The van der Waals surface area contributed by atoms with Crippen LogP contribution < -0.4 is 14.2 Å². The molecule has 4 aromatic carbocycles. The quantitative estimate of drug-likeness (QED) is 0.249. The molecule has 0 fully saturated rings. The monoisotopic (exact) mass is 467 g/mol. The number of aromatic nitrogens is 1. The van der Waals surface area contributed by atoms with Crippen molar-refractivity contribution in [1.29, 1.82) is 0 Å². The van der Waals surface area contributed by atoms with Crippen molar-refractivity contribution >= 4 is 43.9 Å². The first-order valence-electron chi connectivity index (χ1n) is 12.2. The Labute approximate surface area is 206 Å². The molecule has 36 heavy (non-hydrogen) atoms. The van der Waals surface area contributed by atoms with Crippen LogP contribution in [0.5, 0.6) is 5.75 Å². The molecular weight excluding hydrogens is 448 g/mol. The van der Waals surface area contributed by atoms with E-state index in [9.17, 15) is 0 Å². The number of allylic oxidation sites excluding steroid dienone is 3. The summed E-state index contributed by atoms with van der Waals surface area (Å²) in [5.41, 5.74) is 4.92. The largest absolute Gasteiger partial charge is 0.456 e. The summed E-state index contributed by atoms with van der Waals surface area (Å²) in [6.45, 7) is 1.40. The topological polar surface area (TPSA) is 38.7 Å². The fourth-order valence-corrected chi connectivity index (χ4v) is 5.80. The third-order valence-corrected chi connectivity index (χ3v) is 7.56. The molecule has 1 aromatic heterocycles. The van der Waals surface area contributed by atoms with E-state index < -0.39 is 0 Å². The van der Waals surface area contributed by atoms with Crippen molar-refractivity contribution in [2.24, 2.45) is 0 Å². The molecule has 5 aromatic rings. The lowest BCUT2D eigenvalue weighted by Crippen LogP contribution is -2.39. The van der Waals surface area contributed by atoms with E-state index in [1.54, 1.807) is 0 Å². The molecule has 0 saturated carbocycles. The lowest BCUT2D eigenvalue weighted by atomic mass is 10.00. The number of anilines is 1. The molecule has 5 heterocycles. The standard InChI is InChI=1S/C31H19N2O3/c1-3-7-20-15-28-24(13-18(20)5-1)32-11-9-26-22(30(32)35-28)17-23-27(34-26)10-12-33-25-14-19-6-2-4-8-21(19)16-29(25)36-31(23)33/h1-10,13-17H,11-12H2/q+1. The first kappa shape index (κ1) is 18.5. The smallest absolute Gasteiger partial charge is 0.385 e. The Balaban J connectivity index is 1.23. The number of benzene rings is 4. The summed E-state index contributed by atoms with van der Waals surface area (Å²) in [7, 11) is 0. The summed E-state index contributed by atoms with van der Waals surface area (Å²) in [6, 6.07) is 25.4. The second kappa shape index (κ2) is 6.46. The van der Waals surface area contributed by atoms with Crippen molar-refractivity contribution in [3.05, 3.63) is 120 Å². The van der Waals surface area contributed by atoms with E-state index in [0.29, 0.717) is 13.1 Å². The molecule has 0 bridgehead atoms. The zero-order valence-electron chi connectivity index (χ0n) is 19.2. The van der Waals surface area contributed by atoms with Crippen molar-refractivity contribution in [1.82, 2.24) is 0 Å². The van der Waals surface area contributed by atoms with Crippen LogP contribution in [0, 0.1) is 0 Å². The van der Waals surface area contributed by atoms with E-state index in [1.807, 2.05) is 0 Å². The van der Waals surface area contributed by atoms with Crippen molar-refractivity contribution in [2.75, 3.05) is 11.4 Å². The van der Waals surface area contributed by atoms with Gasteiger partial charge in [0.15, 0.2) is 12.3 Å². The Kier molecular flexibility index (Phi) is 3.33. The highest BCUT2D eigenvalue weighted by atomic mass is 16.5. The Hall–Kier alpha value is -4.77. The summed E-state index contributed by atoms with van der Waals surface area (Å²) >= 11 is 0. The summed E-state index contributed by atoms with van der Waals surface area (Å²) in [5, 5.41) is 4.74. The molecule has 0 amide bonds. The lowest BCUT2D eigenvalue weighted by molar-refractivity contribution is -0.669. The third kappa shape index (κ3) is 2.37. The van der Waals surface area contributed by atoms with Gasteiger partial charge in [-0.1, -0.05) is 48.5 Å². The van der Waals surface area contributed by atoms with E-state index >= 15 is 0 Å². The van der Waals surface area contributed by atoms with Crippen molar-refractivity contribution in [3.63, 3.8) is 0 Å². The summed E-state index contributed by atoms with van der Waals surface area (Å²) in [4.78, 5) is 2.22. The molecule has 0 N–H and O–H groups in total. The molecule has 0 atom stereocenters. The predicted octanol–water partition coefficient (Wildman–Crippen LogP) is 6.35. The molecule has 5 heteroatoms. The predicted molar refractivity (Wildman–Crippen MR) is 138 cm³/mol. The molecular formula is C31H19N2O3+. The zero-order chi connectivity index (χ0) is 23.4. The number of hydrogen-bond acceptors (Lipinski definition) is 4. The molecule has 0 radical (unpaired) electrons. The van der Waals surface area contributed by atoms with Gasteiger partial charge in [0.25, 0.3) is 5.52 Å². The fourth-order valence-electron chi connectivity index (χ4n) is 5.80. The first-order chi connectivity index (χ1) is 17.8. The van der Waals surface area contributed by atoms with Crippen molar-refractivity contribution in [2.45, 2.75) is 6.54 Å². The van der Waals surface area contributed by atoms with Gasteiger partial charge in [0, 0.05) is 18.7 Å². The van der Waals surface area contributed by atoms with Crippen molar-refractivity contribution < 1.29 is 18.5 Å². The molecule has 4 aliphatic rings. The van der Waals surface area contributed by atoms with Crippen LogP contribution in [-0.2, 0) is 11.3 Å². The highest BCUT2D eigenvalue weighted by molar-refractivity contribution is 5.94. The van der Waals surface area contributed by atoms with Crippen LogP contribution >= 0.6 is 0 Å². The van der Waals surface area contributed by atoms with E-state index in [-0.39, 0.29) is 0 Å². The first-order valence-corrected chi connectivity index (χ1v) is 12.2. The second-order valence-corrected chi connectivity index (χ2v) is 9.58. The summed E-state index contributed by atoms with van der Waals surface area (Å²) < 4.78 is 21.5. The summed E-state index contributed by atoms with van der Waals surface area (Å²) in [5.74, 6) is 4.17. The van der Waals surface area contributed by atoms with Crippen LogP contribution in [0.15, 0.2) is 118 Å². The normalized spacial score (nSPS) is 17.4. The van der Waals surface area contributed by atoms with Crippen LogP contribution in [0.25, 0.3) is 38.2 Å². The minimum atomic E-state index is 0.702. The number of fused-ring (bicyclic) bond motifs is 11. The molecule has 0 saturated heterocycles. The number of ether oxygens (including phenoxy) is 2. The van der Waals surface area contributed by atoms with Gasteiger partial charge in [-0.15, -0.1) is 0 Å². The van der Waals surface area contributed by atoms with Crippen LogP contribution in [0.1, 0.15) is 5.89 Å². The molecule has 0 aliphatic carbocycles. The minimum absolute atomic E-state index is 0.702. The van der Waals surface area contributed by atoms with Crippen LogP contribution in [-0.4, -0.2) is 6.54 Å². The molecule has 4 aliphatic heterocycles. The van der Waals surface area contributed by atoms with E-state index in [0.717, 1.165) is 57.0 Å². The Morgan fingerprint density at radius 1 is 0.750 bits per heavy atom. The van der Waals surface area contributed by atoms with Crippen LogP contribution in [0.4, 0.5) is 5.69 Å².